The summed E-state index contributed by atoms with van der Waals surface area (Å²) in [6, 6.07) is 9.90. The molecule has 0 unspecified atom stereocenters. The third kappa shape index (κ3) is 3.48. The van der Waals surface area contributed by atoms with Gasteiger partial charge < -0.3 is 9.84 Å². The van der Waals surface area contributed by atoms with E-state index in [1.165, 1.54) is 25.3 Å². The number of hydrogen-bond acceptors (Lipinski definition) is 5. The molecule has 0 saturated heterocycles. The number of alkyl halides is 3. The SMILES string of the molecule is COc1ccc(/C=C(\C#N)c2nc3cc(C(F)(F)F)ccc3s2)cc1O. The number of aromatic hydroxyl groups is 1. The number of benzene rings is 2. The van der Waals surface area contributed by atoms with Gasteiger partial charge >= 0.3 is 6.18 Å². The summed E-state index contributed by atoms with van der Waals surface area (Å²) in [5.41, 5.74) is 0.113. The summed E-state index contributed by atoms with van der Waals surface area (Å²) >= 11 is 1.12. The molecule has 1 aromatic heterocycles. The number of phenols is 1. The predicted molar refractivity (Wildman–Crippen MR) is 92.8 cm³/mol. The Morgan fingerprint density at radius 1 is 1.27 bits per heavy atom. The van der Waals surface area contributed by atoms with E-state index in [-0.39, 0.29) is 16.8 Å². The fourth-order valence-corrected chi connectivity index (χ4v) is 3.24. The number of phenolic OH excluding ortho intramolecular Hbond substituents is 1. The molecule has 26 heavy (non-hydrogen) atoms. The maximum Gasteiger partial charge on any atom is 0.416 e. The Morgan fingerprint density at radius 2 is 2.04 bits per heavy atom. The second kappa shape index (κ2) is 6.69. The summed E-state index contributed by atoms with van der Waals surface area (Å²) in [5, 5.41) is 19.5. The number of aromatic nitrogens is 1. The number of nitrogens with zero attached hydrogens (tertiary/aromatic N) is 2. The van der Waals surface area contributed by atoms with Gasteiger partial charge in [0.2, 0.25) is 0 Å². The summed E-state index contributed by atoms with van der Waals surface area (Å²) in [5.74, 6) is 0.206. The van der Waals surface area contributed by atoms with E-state index in [1.807, 2.05) is 6.07 Å². The molecule has 0 spiro atoms. The molecule has 0 amide bonds. The number of fused-ring (bicyclic) bond motifs is 1. The summed E-state index contributed by atoms with van der Waals surface area (Å²) in [4.78, 5) is 4.15. The van der Waals surface area contributed by atoms with Gasteiger partial charge in [-0.2, -0.15) is 18.4 Å². The molecule has 2 aromatic carbocycles. The fourth-order valence-electron chi connectivity index (χ4n) is 2.32. The normalized spacial score (nSPS) is 12.2. The molecule has 0 radical (unpaired) electrons. The summed E-state index contributed by atoms with van der Waals surface area (Å²) in [6.45, 7) is 0. The van der Waals surface area contributed by atoms with Crippen molar-refractivity contribution >= 4 is 33.2 Å². The first-order chi connectivity index (χ1) is 12.3. The highest BCUT2D eigenvalue weighted by atomic mass is 32.1. The molecule has 132 valence electrons. The average Bonchev–Trinajstić information content (AvgIpc) is 3.02. The number of ether oxygens (including phenoxy) is 1. The highest BCUT2D eigenvalue weighted by Crippen LogP contribution is 2.35. The zero-order valence-corrected chi connectivity index (χ0v) is 14.1. The minimum absolute atomic E-state index is 0.0855. The quantitative estimate of drug-likeness (QED) is 0.647. The van der Waals surface area contributed by atoms with Gasteiger partial charge in [-0.15, -0.1) is 11.3 Å². The van der Waals surface area contributed by atoms with Gasteiger partial charge in [0.05, 0.1) is 28.5 Å². The smallest absolute Gasteiger partial charge is 0.416 e. The standard InChI is InChI=1S/C18H11F3N2O2S/c1-25-15-4-2-10(7-14(15)24)6-11(9-22)17-23-13-8-12(18(19,20)21)3-5-16(13)26-17/h2-8,24H,1H3/b11-6+. The first kappa shape index (κ1) is 17.8. The van der Waals surface area contributed by atoms with Crippen molar-refractivity contribution in [1.29, 1.82) is 5.26 Å². The Bertz CT molecular complexity index is 1050. The lowest BCUT2D eigenvalue weighted by molar-refractivity contribution is -0.137. The second-order valence-corrected chi connectivity index (χ2v) is 6.33. The van der Waals surface area contributed by atoms with Crippen LogP contribution < -0.4 is 4.74 Å². The first-order valence-corrected chi connectivity index (χ1v) is 8.10. The van der Waals surface area contributed by atoms with Crippen LogP contribution >= 0.6 is 11.3 Å². The first-order valence-electron chi connectivity index (χ1n) is 7.29. The van der Waals surface area contributed by atoms with E-state index in [1.54, 1.807) is 12.1 Å². The maximum atomic E-state index is 12.8. The van der Waals surface area contributed by atoms with E-state index in [0.717, 1.165) is 23.5 Å². The molecule has 1 N–H and O–H groups in total. The van der Waals surface area contributed by atoms with Crippen LogP contribution in [0.2, 0.25) is 0 Å². The van der Waals surface area contributed by atoms with Crippen molar-refractivity contribution < 1.29 is 23.0 Å². The lowest BCUT2D eigenvalue weighted by Crippen LogP contribution is -2.03. The third-order valence-corrected chi connectivity index (χ3v) is 4.65. The van der Waals surface area contributed by atoms with Crippen LogP contribution in [0.5, 0.6) is 11.5 Å². The molecule has 3 rings (SSSR count). The predicted octanol–water partition coefficient (Wildman–Crippen LogP) is 5.09. The summed E-state index contributed by atoms with van der Waals surface area (Å²) < 4.78 is 43.9. The van der Waals surface area contributed by atoms with Crippen LogP contribution in [0.3, 0.4) is 0 Å². The number of hydrogen-bond donors (Lipinski definition) is 1. The number of thiazole rings is 1. The van der Waals surface area contributed by atoms with Crippen molar-refractivity contribution in [3.05, 3.63) is 52.5 Å². The molecule has 4 nitrogen and oxygen atoms in total. The minimum Gasteiger partial charge on any atom is -0.504 e. The molecule has 0 bridgehead atoms. The molecule has 0 aliphatic rings. The van der Waals surface area contributed by atoms with E-state index in [2.05, 4.69) is 4.98 Å². The molecular formula is C18H11F3N2O2S. The number of halogens is 3. The Labute approximate surface area is 150 Å². The van der Waals surface area contributed by atoms with Crippen molar-refractivity contribution in [1.82, 2.24) is 4.98 Å². The fraction of sp³-hybridized carbons (Fsp3) is 0.111. The lowest BCUT2D eigenvalue weighted by atomic mass is 10.1. The zero-order chi connectivity index (χ0) is 18.9. The number of allylic oxidation sites excluding steroid dienone is 1. The number of methoxy groups -OCH3 is 1. The topological polar surface area (TPSA) is 66.1 Å². The van der Waals surface area contributed by atoms with Gasteiger partial charge in [-0.05, 0) is 42.0 Å². The zero-order valence-electron chi connectivity index (χ0n) is 13.3. The van der Waals surface area contributed by atoms with Crippen molar-refractivity contribution in [3.8, 4) is 17.6 Å². The van der Waals surface area contributed by atoms with Crippen molar-refractivity contribution in [3.63, 3.8) is 0 Å². The molecule has 0 saturated carbocycles. The molecule has 0 aliphatic heterocycles. The molecule has 8 heteroatoms. The van der Waals surface area contributed by atoms with Crippen LogP contribution in [0, 0.1) is 11.3 Å². The van der Waals surface area contributed by atoms with Crippen LogP contribution in [0.25, 0.3) is 21.9 Å². The maximum absolute atomic E-state index is 12.8. The van der Waals surface area contributed by atoms with Gasteiger partial charge in [0.1, 0.15) is 11.1 Å². The van der Waals surface area contributed by atoms with Crippen LogP contribution in [0.1, 0.15) is 16.1 Å². The van der Waals surface area contributed by atoms with Gasteiger partial charge in [0.15, 0.2) is 11.5 Å². The minimum atomic E-state index is -4.45. The molecule has 0 atom stereocenters. The van der Waals surface area contributed by atoms with Crippen LogP contribution in [0.4, 0.5) is 13.2 Å². The highest BCUT2D eigenvalue weighted by molar-refractivity contribution is 7.19. The second-order valence-electron chi connectivity index (χ2n) is 5.30. The molecule has 0 fully saturated rings. The largest absolute Gasteiger partial charge is 0.504 e. The van der Waals surface area contributed by atoms with Gasteiger partial charge in [0.25, 0.3) is 0 Å². The van der Waals surface area contributed by atoms with Crippen molar-refractivity contribution in [2.24, 2.45) is 0 Å². The number of rotatable bonds is 3. The molecule has 3 aromatic rings. The third-order valence-electron chi connectivity index (χ3n) is 3.58. The summed E-state index contributed by atoms with van der Waals surface area (Å²) in [6.07, 6.45) is -2.95. The van der Waals surface area contributed by atoms with E-state index in [4.69, 9.17) is 4.74 Å². The summed E-state index contributed by atoms with van der Waals surface area (Å²) in [7, 11) is 1.42. The Hall–Kier alpha value is -3.05. The highest BCUT2D eigenvalue weighted by Gasteiger charge is 2.30. The van der Waals surface area contributed by atoms with Crippen LogP contribution in [0.15, 0.2) is 36.4 Å². The monoisotopic (exact) mass is 376 g/mol. The number of nitriles is 1. The van der Waals surface area contributed by atoms with Crippen LogP contribution in [-0.2, 0) is 6.18 Å². The van der Waals surface area contributed by atoms with Crippen molar-refractivity contribution in [2.75, 3.05) is 7.11 Å². The van der Waals surface area contributed by atoms with Gasteiger partial charge in [-0.1, -0.05) is 6.07 Å². The lowest BCUT2D eigenvalue weighted by Gasteiger charge is -2.04. The average molecular weight is 376 g/mol. The van der Waals surface area contributed by atoms with E-state index in [9.17, 15) is 23.5 Å². The van der Waals surface area contributed by atoms with Crippen LogP contribution in [-0.4, -0.2) is 17.2 Å². The molecule has 0 aliphatic carbocycles. The van der Waals surface area contributed by atoms with Crippen molar-refractivity contribution in [2.45, 2.75) is 6.18 Å². The van der Waals surface area contributed by atoms with E-state index < -0.39 is 11.7 Å². The van der Waals surface area contributed by atoms with Gasteiger partial charge in [0, 0.05) is 0 Å². The Kier molecular flexibility index (Phi) is 4.57. The van der Waals surface area contributed by atoms with E-state index >= 15 is 0 Å². The Morgan fingerprint density at radius 3 is 2.65 bits per heavy atom. The van der Waals surface area contributed by atoms with Gasteiger partial charge in [-0.3, -0.25) is 0 Å². The van der Waals surface area contributed by atoms with E-state index in [0.29, 0.717) is 21.0 Å². The molecular weight excluding hydrogens is 365 g/mol. The molecule has 1 heterocycles. The van der Waals surface area contributed by atoms with Gasteiger partial charge in [-0.25, -0.2) is 4.98 Å². The Balaban J connectivity index is 2.03.